The van der Waals surface area contributed by atoms with E-state index in [2.05, 4.69) is 5.32 Å². The number of nitriles is 1. The van der Waals surface area contributed by atoms with Crippen LogP contribution in [0.5, 0.6) is 0 Å². The van der Waals surface area contributed by atoms with E-state index in [1.54, 1.807) is 18.2 Å². The van der Waals surface area contributed by atoms with Crippen molar-refractivity contribution in [3.63, 3.8) is 0 Å². The Bertz CT molecular complexity index is 633. The lowest BCUT2D eigenvalue weighted by molar-refractivity contribution is 0.410. The van der Waals surface area contributed by atoms with Crippen LogP contribution in [0.25, 0.3) is 0 Å². The molecule has 1 aliphatic rings. The SMILES string of the molecule is CNC(C)c1cccc(S(=O)(=O)N(CCC#N)C2CC2)c1. The first kappa shape index (κ1) is 16.0. The Labute approximate surface area is 126 Å². The van der Waals surface area contributed by atoms with Crippen LogP contribution in [0.4, 0.5) is 0 Å². The maximum Gasteiger partial charge on any atom is 0.243 e. The summed E-state index contributed by atoms with van der Waals surface area (Å²) in [6, 6.07) is 9.21. The minimum absolute atomic E-state index is 0.0636. The number of nitrogens with one attached hydrogen (secondary N) is 1. The Morgan fingerprint density at radius 3 is 2.76 bits per heavy atom. The van der Waals surface area contributed by atoms with Crippen LogP contribution < -0.4 is 5.32 Å². The van der Waals surface area contributed by atoms with Crippen molar-refractivity contribution < 1.29 is 8.42 Å². The molecule has 114 valence electrons. The lowest BCUT2D eigenvalue weighted by Crippen LogP contribution is -2.34. The molecule has 1 fully saturated rings. The van der Waals surface area contributed by atoms with Crippen LogP contribution in [0, 0.1) is 11.3 Å². The third-order valence-electron chi connectivity index (χ3n) is 3.80. The summed E-state index contributed by atoms with van der Waals surface area (Å²) in [4.78, 5) is 0.312. The summed E-state index contributed by atoms with van der Waals surface area (Å²) in [5.41, 5.74) is 0.939. The number of sulfonamides is 1. The van der Waals surface area contributed by atoms with E-state index in [0.717, 1.165) is 18.4 Å². The Kier molecular flexibility index (Phi) is 4.99. The van der Waals surface area contributed by atoms with E-state index in [0.29, 0.717) is 4.90 Å². The molecule has 1 unspecified atom stereocenters. The lowest BCUT2D eigenvalue weighted by atomic mass is 10.1. The minimum atomic E-state index is -3.52. The number of rotatable bonds is 7. The minimum Gasteiger partial charge on any atom is -0.313 e. The molecule has 2 rings (SSSR count). The summed E-state index contributed by atoms with van der Waals surface area (Å²) in [7, 11) is -1.68. The standard InChI is InChI=1S/C15H21N3O2S/c1-12(17-2)13-5-3-6-15(11-13)21(19,20)18(10-4-9-16)14-7-8-14/h3,5-6,11-12,14,17H,4,7-8,10H2,1-2H3. The fourth-order valence-corrected chi connectivity index (χ4v) is 4.01. The molecule has 6 heteroatoms. The van der Waals surface area contributed by atoms with Crippen LogP contribution >= 0.6 is 0 Å². The van der Waals surface area contributed by atoms with Crippen LogP contribution in [0.2, 0.25) is 0 Å². The third-order valence-corrected chi connectivity index (χ3v) is 5.74. The van der Waals surface area contributed by atoms with Crippen LogP contribution in [-0.4, -0.2) is 32.4 Å². The molecule has 0 aliphatic heterocycles. The average molecular weight is 307 g/mol. The zero-order valence-corrected chi connectivity index (χ0v) is 13.2. The summed E-state index contributed by atoms with van der Waals surface area (Å²) >= 11 is 0. The first-order valence-electron chi connectivity index (χ1n) is 7.16. The molecule has 0 heterocycles. The van der Waals surface area contributed by atoms with Gasteiger partial charge in [0, 0.05) is 25.0 Å². The van der Waals surface area contributed by atoms with Crippen molar-refractivity contribution in [1.82, 2.24) is 9.62 Å². The molecule has 0 aromatic heterocycles. The Morgan fingerprint density at radius 1 is 1.48 bits per heavy atom. The molecular formula is C15H21N3O2S. The van der Waals surface area contributed by atoms with Gasteiger partial charge in [-0.2, -0.15) is 9.57 Å². The molecule has 0 amide bonds. The first-order valence-corrected chi connectivity index (χ1v) is 8.60. The quantitative estimate of drug-likeness (QED) is 0.836. The largest absolute Gasteiger partial charge is 0.313 e. The maximum absolute atomic E-state index is 12.8. The van der Waals surface area contributed by atoms with E-state index in [9.17, 15) is 8.42 Å². The van der Waals surface area contributed by atoms with Crippen molar-refractivity contribution in [1.29, 1.82) is 5.26 Å². The molecule has 21 heavy (non-hydrogen) atoms. The predicted molar refractivity (Wildman–Crippen MR) is 81.1 cm³/mol. The van der Waals surface area contributed by atoms with E-state index < -0.39 is 10.0 Å². The van der Waals surface area contributed by atoms with E-state index in [-0.39, 0.29) is 25.0 Å². The van der Waals surface area contributed by atoms with E-state index >= 15 is 0 Å². The smallest absolute Gasteiger partial charge is 0.243 e. The van der Waals surface area contributed by atoms with Crippen LogP contribution in [0.3, 0.4) is 0 Å². The lowest BCUT2D eigenvalue weighted by Gasteiger charge is -2.21. The molecule has 1 aliphatic carbocycles. The van der Waals surface area contributed by atoms with Gasteiger partial charge in [-0.15, -0.1) is 0 Å². The fourth-order valence-electron chi connectivity index (χ4n) is 2.27. The molecule has 1 N–H and O–H groups in total. The monoisotopic (exact) mass is 307 g/mol. The van der Waals surface area contributed by atoms with E-state index in [4.69, 9.17) is 5.26 Å². The predicted octanol–water partition coefficient (Wildman–Crippen LogP) is 2.03. The molecule has 0 radical (unpaired) electrons. The van der Waals surface area contributed by atoms with Gasteiger partial charge in [0.05, 0.1) is 11.0 Å². The molecule has 1 saturated carbocycles. The molecule has 0 saturated heterocycles. The molecule has 1 aromatic rings. The van der Waals surface area contributed by atoms with Gasteiger partial charge in [-0.1, -0.05) is 12.1 Å². The van der Waals surface area contributed by atoms with Gasteiger partial charge < -0.3 is 5.32 Å². The van der Waals surface area contributed by atoms with Crippen molar-refractivity contribution >= 4 is 10.0 Å². The molecule has 1 aromatic carbocycles. The third kappa shape index (κ3) is 3.62. The summed E-state index contributed by atoms with van der Waals surface area (Å²) in [5.74, 6) is 0. The zero-order chi connectivity index (χ0) is 15.5. The highest BCUT2D eigenvalue weighted by Gasteiger charge is 2.37. The average Bonchev–Trinajstić information content (AvgIpc) is 3.31. The van der Waals surface area contributed by atoms with Crippen molar-refractivity contribution in [3.05, 3.63) is 29.8 Å². The number of nitrogens with zero attached hydrogens (tertiary/aromatic N) is 2. The second-order valence-electron chi connectivity index (χ2n) is 5.34. The van der Waals surface area contributed by atoms with Gasteiger partial charge in [0.15, 0.2) is 0 Å². The van der Waals surface area contributed by atoms with Gasteiger partial charge in [-0.25, -0.2) is 8.42 Å². The molecule has 1 atom stereocenters. The summed E-state index contributed by atoms with van der Waals surface area (Å²) in [6.45, 7) is 2.26. The molecular weight excluding hydrogens is 286 g/mol. The summed E-state index contributed by atoms with van der Waals surface area (Å²) in [5, 5.41) is 11.8. The molecule has 0 bridgehead atoms. The van der Waals surface area contributed by atoms with E-state index in [1.165, 1.54) is 4.31 Å². The molecule has 5 nitrogen and oxygen atoms in total. The molecule has 0 spiro atoms. The number of benzene rings is 1. The topological polar surface area (TPSA) is 73.2 Å². The van der Waals surface area contributed by atoms with Gasteiger partial charge in [-0.3, -0.25) is 0 Å². The Balaban J connectivity index is 2.31. The summed E-state index contributed by atoms with van der Waals surface area (Å²) in [6.07, 6.45) is 2.00. The van der Waals surface area contributed by atoms with Gasteiger partial charge in [0.2, 0.25) is 10.0 Å². The van der Waals surface area contributed by atoms with Crippen molar-refractivity contribution in [2.24, 2.45) is 0 Å². The number of hydrogen-bond donors (Lipinski definition) is 1. The summed E-state index contributed by atoms with van der Waals surface area (Å²) < 4.78 is 27.0. The normalized spacial score (nSPS) is 16.7. The Hall–Kier alpha value is -1.42. The van der Waals surface area contributed by atoms with Gasteiger partial charge in [0.1, 0.15) is 0 Å². The Morgan fingerprint density at radius 2 is 2.19 bits per heavy atom. The number of hydrogen-bond acceptors (Lipinski definition) is 4. The second kappa shape index (κ2) is 6.56. The highest BCUT2D eigenvalue weighted by molar-refractivity contribution is 7.89. The van der Waals surface area contributed by atoms with Crippen LogP contribution in [0.15, 0.2) is 29.2 Å². The van der Waals surface area contributed by atoms with Crippen molar-refractivity contribution in [2.45, 2.75) is 43.2 Å². The van der Waals surface area contributed by atoms with E-state index in [1.807, 2.05) is 26.1 Å². The first-order chi connectivity index (χ1) is 10.0. The highest BCUT2D eigenvalue weighted by Crippen LogP contribution is 2.32. The highest BCUT2D eigenvalue weighted by atomic mass is 32.2. The second-order valence-corrected chi connectivity index (χ2v) is 7.23. The van der Waals surface area contributed by atoms with Gasteiger partial charge in [0.25, 0.3) is 0 Å². The van der Waals surface area contributed by atoms with Crippen molar-refractivity contribution in [3.8, 4) is 6.07 Å². The van der Waals surface area contributed by atoms with Crippen molar-refractivity contribution in [2.75, 3.05) is 13.6 Å². The van der Waals surface area contributed by atoms with Crippen LogP contribution in [0.1, 0.15) is 37.8 Å². The van der Waals surface area contributed by atoms with Gasteiger partial charge in [-0.05, 0) is 44.5 Å². The maximum atomic E-state index is 12.8. The van der Waals surface area contributed by atoms with Gasteiger partial charge >= 0.3 is 0 Å². The zero-order valence-electron chi connectivity index (χ0n) is 12.4. The fraction of sp³-hybridized carbons (Fsp3) is 0.533. The van der Waals surface area contributed by atoms with Crippen LogP contribution in [-0.2, 0) is 10.0 Å².